The highest BCUT2D eigenvalue weighted by Crippen LogP contribution is 2.25. The number of carbonyl (C=O) groups excluding carboxylic acids is 2. The Labute approximate surface area is 165 Å². The summed E-state index contributed by atoms with van der Waals surface area (Å²) >= 11 is 0. The monoisotopic (exact) mass is 382 g/mol. The molecule has 6 nitrogen and oxygen atoms in total. The minimum absolute atomic E-state index is 0.176. The lowest BCUT2D eigenvalue weighted by Crippen LogP contribution is -2.39. The zero-order chi connectivity index (χ0) is 19.9. The molecule has 2 aromatic carbocycles. The average Bonchev–Trinajstić information content (AvgIpc) is 3.00. The van der Waals surface area contributed by atoms with Gasteiger partial charge in [0.05, 0.1) is 31.9 Å². The van der Waals surface area contributed by atoms with E-state index in [1.54, 1.807) is 31.4 Å². The Hall–Kier alpha value is -2.86. The summed E-state index contributed by atoms with van der Waals surface area (Å²) in [7, 11) is 1.64. The summed E-state index contributed by atoms with van der Waals surface area (Å²) in [6, 6.07) is 14.4. The smallest absolute Gasteiger partial charge is 0.251 e. The van der Waals surface area contributed by atoms with E-state index >= 15 is 0 Å². The maximum atomic E-state index is 12.7. The summed E-state index contributed by atoms with van der Waals surface area (Å²) < 4.78 is 10.7. The van der Waals surface area contributed by atoms with Crippen LogP contribution in [-0.4, -0.2) is 38.1 Å². The Kier molecular flexibility index (Phi) is 6.66. The van der Waals surface area contributed by atoms with Crippen LogP contribution in [0.15, 0.2) is 48.5 Å². The molecule has 1 aliphatic rings. The van der Waals surface area contributed by atoms with Gasteiger partial charge >= 0.3 is 0 Å². The molecule has 2 amide bonds. The van der Waals surface area contributed by atoms with E-state index in [-0.39, 0.29) is 18.2 Å². The van der Waals surface area contributed by atoms with Gasteiger partial charge in [-0.25, -0.2) is 4.90 Å². The summed E-state index contributed by atoms with van der Waals surface area (Å²) in [5.41, 5.74) is 1.72. The number of rotatable bonds is 9. The molecule has 148 valence electrons. The number of nitrogens with one attached hydrogen (secondary N) is 1. The fourth-order valence-corrected chi connectivity index (χ4v) is 3.16. The topological polar surface area (TPSA) is 67.9 Å². The highest BCUT2D eigenvalue weighted by atomic mass is 16.5. The van der Waals surface area contributed by atoms with Crippen molar-refractivity contribution in [2.75, 3.05) is 25.2 Å². The minimum Gasteiger partial charge on any atom is -0.497 e. The molecule has 1 saturated heterocycles. The minimum atomic E-state index is -0.484. The Morgan fingerprint density at radius 1 is 1.04 bits per heavy atom. The third-order valence-electron chi connectivity index (χ3n) is 4.68. The van der Waals surface area contributed by atoms with E-state index in [4.69, 9.17) is 9.47 Å². The molecule has 1 fully saturated rings. The number of anilines is 1. The molecule has 0 bridgehead atoms. The fourth-order valence-electron chi connectivity index (χ4n) is 3.16. The second kappa shape index (κ2) is 9.37. The summed E-state index contributed by atoms with van der Waals surface area (Å²) in [6.45, 7) is 3.30. The van der Waals surface area contributed by atoms with E-state index in [1.807, 2.05) is 31.2 Å². The van der Waals surface area contributed by atoms with Gasteiger partial charge in [-0.15, -0.1) is 0 Å². The van der Waals surface area contributed by atoms with Gasteiger partial charge in [0.25, 0.3) is 5.91 Å². The van der Waals surface area contributed by atoms with Crippen LogP contribution < -0.4 is 19.7 Å². The van der Waals surface area contributed by atoms with Crippen LogP contribution in [-0.2, 0) is 16.0 Å². The predicted molar refractivity (Wildman–Crippen MR) is 108 cm³/mol. The first-order valence-electron chi connectivity index (χ1n) is 9.58. The number of carbonyl (C=O) groups is 2. The van der Waals surface area contributed by atoms with Crippen LogP contribution in [0.3, 0.4) is 0 Å². The normalized spacial score (nSPS) is 16.5. The first-order valence-corrected chi connectivity index (χ1v) is 9.58. The van der Waals surface area contributed by atoms with Crippen molar-refractivity contribution in [2.24, 2.45) is 0 Å². The van der Waals surface area contributed by atoms with E-state index < -0.39 is 6.04 Å². The van der Waals surface area contributed by atoms with Crippen LogP contribution in [0.2, 0.25) is 0 Å². The number of amides is 2. The van der Waals surface area contributed by atoms with E-state index in [9.17, 15) is 9.59 Å². The Morgan fingerprint density at radius 2 is 1.71 bits per heavy atom. The van der Waals surface area contributed by atoms with Gasteiger partial charge in [-0.1, -0.05) is 19.1 Å². The molecule has 28 heavy (non-hydrogen) atoms. The van der Waals surface area contributed by atoms with Gasteiger partial charge in [0.15, 0.2) is 0 Å². The standard InChI is InChI=1S/C22H26N2O4/c1-3-14-28-19-10-6-17(7-11-19)24-21(25)15-20(22(24)26)23-13-12-16-4-8-18(27-2)9-5-16/h4-11,20,23H,3,12-15H2,1-2H3/t20-/m0/s1. The molecule has 1 heterocycles. The number of hydrogen-bond donors (Lipinski definition) is 1. The molecule has 2 aromatic rings. The van der Waals surface area contributed by atoms with Crippen LogP contribution in [0.5, 0.6) is 11.5 Å². The summed E-state index contributed by atoms with van der Waals surface area (Å²) in [6.07, 6.45) is 1.87. The molecule has 0 saturated carbocycles. The molecular weight excluding hydrogens is 356 g/mol. The van der Waals surface area contributed by atoms with Gasteiger partial charge in [0.1, 0.15) is 11.5 Å². The van der Waals surface area contributed by atoms with Crippen molar-refractivity contribution >= 4 is 17.5 Å². The van der Waals surface area contributed by atoms with Crippen LogP contribution >= 0.6 is 0 Å². The Balaban J connectivity index is 1.55. The van der Waals surface area contributed by atoms with Gasteiger partial charge in [-0.2, -0.15) is 0 Å². The Bertz CT molecular complexity index is 802. The van der Waals surface area contributed by atoms with Crippen LogP contribution in [0, 0.1) is 0 Å². The maximum Gasteiger partial charge on any atom is 0.251 e. The van der Waals surface area contributed by atoms with Crippen molar-refractivity contribution in [3.8, 4) is 11.5 Å². The SMILES string of the molecule is CCCOc1ccc(N2C(=O)C[C@H](NCCc3ccc(OC)cc3)C2=O)cc1. The van der Waals surface area contributed by atoms with Crippen molar-refractivity contribution in [1.82, 2.24) is 5.32 Å². The molecule has 0 aromatic heterocycles. The molecule has 1 aliphatic heterocycles. The molecular formula is C22H26N2O4. The van der Waals surface area contributed by atoms with Crippen molar-refractivity contribution in [3.05, 3.63) is 54.1 Å². The lowest BCUT2D eigenvalue weighted by atomic mass is 10.1. The lowest BCUT2D eigenvalue weighted by molar-refractivity contribution is -0.121. The van der Waals surface area contributed by atoms with Crippen molar-refractivity contribution in [2.45, 2.75) is 32.2 Å². The molecule has 1 N–H and O–H groups in total. The van der Waals surface area contributed by atoms with Gasteiger partial charge in [-0.05, 0) is 61.3 Å². The molecule has 6 heteroatoms. The van der Waals surface area contributed by atoms with Crippen LogP contribution in [0.25, 0.3) is 0 Å². The van der Waals surface area contributed by atoms with Gasteiger partial charge in [0, 0.05) is 0 Å². The number of imide groups is 1. The summed E-state index contributed by atoms with van der Waals surface area (Å²) in [5.74, 6) is 1.16. The largest absolute Gasteiger partial charge is 0.497 e. The third kappa shape index (κ3) is 4.70. The van der Waals surface area contributed by atoms with Gasteiger partial charge in [-0.3, -0.25) is 9.59 Å². The first-order chi connectivity index (χ1) is 13.6. The molecule has 0 unspecified atom stereocenters. The van der Waals surface area contributed by atoms with Crippen LogP contribution in [0.4, 0.5) is 5.69 Å². The quantitative estimate of drug-likeness (QED) is 0.676. The van der Waals surface area contributed by atoms with E-state index in [1.165, 1.54) is 4.90 Å². The van der Waals surface area contributed by atoms with Gasteiger partial charge in [0.2, 0.25) is 5.91 Å². The molecule has 3 rings (SSSR count). The summed E-state index contributed by atoms with van der Waals surface area (Å²) in [5, 5.41) is 3.21. The van der Waals surface area contributed by atoms with Crippen molar-refractivity contribution < 1.29 is 19.1 Å². The zero-order valence-corrected chi connectivity index (χ0v) is 16.3. The van der Waals surface area contributed by atoms with Crippen molar-refractivity contribution in [3.63, 3.8) is 0 Å². The lowest BCUT2D eigenvalue weighted by Gasteiger charge is -2.16. The highest BCUT2D eigenvalue weighted by Gasteiger charge is 2.39. The molecule has 1 atom stereocenters. The van der Waals surface area contributed by atoms with Crippen molar-refractivity contribution in [1.29, 1.82) is 0 Å². The average molecular weight is 382 g/mol. The fraction of sp³-hybridized carbons (Fsp3) is 0.364. The predicted octanol–water partition coefficient (Wildman–Crippen LogP) is 2.95. The van der Waals surface area contributed by atoms with Crippen LogP contribution in [0.1, 0.15) is 25.3 Å². The molecule has 0 radical (unpaired) electrons. The van der Waals surface area contributed by atoms with E-state index in [0.717, 1.165) is 29.9 Å². The number of ether oxygens (including phenoxy) is 2. The Morgan fingerprint density at radius 3 is 2.36 bits per heavy atom. The highest BCUT2D eigenvalue weighted by molar-refractivity contribution is 6.22. The van der Waals surface area contributed by atoms with E-state index in [2.05, 4.69) is 5.32 Å². The number of benzene rings is 2. The number of hydrogen-bond acceptors (Lipinski definition) is 5. The number of nitrogens with zero attached hydrogens (tertiary/aromatic N) is 1. The second-order valence-corrected chi connectivity index (χ2v) is 6.72. The zero-order valence-electron chi connectivity index (χ0n) is 16.3. The molecule has 0 spiro atoms. The number of methoxy groups -OCH3 is 1. The van der Waals surface area contributed by atoms with Gasteiger partial charge < -0.3 is 14.8 Å². The molecule has 0 aliphatic carbocycles. The second-order valence-electron chi connectivity index (χ2n) is 6.72. The third-order valence-corrected chi connectivity index (χ3v) is 4.68. The first kappa shape index (κ1) is 19.9. The van der Waals surface area contributed by atoms with E-state index in [0.29, 0.717) is 18.8 Å². The maximum absolute atomic E-state index is 12.7. The summed E-state index contributed by atoms with van der Waals surface area (Å²) in [4.78, 5) is 26.3.